The van der Waals surface area contributed by atoms with E-state index in [2.05, 4.69) is 19.2 Å². The van der Waals surface area contributed by atoms with Gasteiger partial charge in [-0.05, 0) is 49.5 Å². The molecule has 1 saturated carbocycles. The maximum Gasteiger partial charge on any atom is 0.237 e. The van der Waals surface area contributed by atoms with Crippen molar-refractivity contribution in [1.29, 1.82) is 0 Å². The zero-order chi connectivity index (χ0) is 12.8. The predicted molar refractivity (Wildman–Crippen MR) is 75.1 cm³/mol. The lowest BCUT2D eigenvalue weighted by Gasteiger charge is -2.33. The fourth-order valence-corrected chi connectivity index (χ4v) is 3.04. The Morgan fingerprint density at radius 1 is 1.47 bits per heavy atom. The average Bonchev–Trinajstić information content (AvgIpc) is 2.29. The Hall–Kier alpha value is -0.220. The number of nitrogens with two attached hydrogens (primary N) is 1. The molecule has 17 heavy (non-hydrogen) atoms. The molecule has 0 aliphatic heterocycles. The molecule has 0 radical (unpaired) electrons. The first-order valence-electron chi connectivity index (χ1n) is 6.59. The van der Waals surface area contributed by atoms with Crippen LogP contribution in [0.5, 0.6) is 0 Å². The van der Waals surface area contributed by atoms with Crippen LogP contribution in [-0.4, -0.2) is 30.0 Å². The van der Waals surface area contributed by atoms with Crippen molar-refractivity contribution in [3.05, 3.63) is 0 Å². The zero-order valence-corrected chi connectivity index (χ0v) is 12.1. The van der Waals surface area contributed by atoms with E-state index in [-0.39, 0.29) is 11.9 Å². The highest BCUT2D eigenvalue weighted by Crippen LogP contribution is 2.28. The molecule has 0 bridgehead atoms. The number of rotatable bonds is 5. The minimum absolute atomic E-state index is 0.0328. The normalized spacial score (nSPS) is 30.9. The third-order valence-corrected chi connectivity index (χ3v) is 4.37. The van der Waals surface area contributed by atoms with Gasteiger partial charge in [-0.1, -0.05) is 13.8 Å². The first-order valence-corrected chi connectivity index (χ1v) is 7.98. The molecule has 1 amide bonds. The molecule has 4 atom stereocenters. The molecule has 1 aliphatic rings. The quantitative estimate of drug-likeness (QED) is 0.793. The van der Waals surface area contributed by atoms with E-state index < -0.39 is 0 Å². The Labute approximate surface area is 109 Å². The van der Waals surface area contributed by atoms with Crippen molar-refractivity contribution < 1.29 is 4.79 Å². The Morgan fingerprint density at radius 3 is 2.76 bits per heavy atom. The van der Waals surface area contributed by atoms with Crippen molar-refractivity contribution in [2.45, 2.75) is 51.6 Å². The summed E-state index contributed by atoms with van der Waals surface area (Å²) < 4.78 is 0. The Morgan fingerprint density at radius 2 is 2.18 bits per heavy atom. The summed E-state index contributed by atoms with van der Waals surface area (Å²) in [6.07, 6.45) is 6.34. The number of hydrogen-bond acceptors (Lipinski definition) is 3. The molecule has 3 N–H and O–H groups in total. The van der Waals surface area contributed by atoms with E-state index in [9.17, 15) is 4.79 Å². The molecule has 3 unspecified atom stereocenters. The van der Waals surface area contributed by atoms with Crippen LogP contribution in [0.25, 0.3) is 0 Å². The summed E-state index contributed by atoms with van der Waals surface area (Å²) in [5, 5.41) is 3.12. The molecule has 1 rings (SSSR count). The SMILES string of the molecule is CSCC[C@H](N)C(=O)NC1CCC(C)CC1C. The summed E-state index contributed by atoms with van der Waals surface area (Å²) in [5.41, 5.74) is 5.87. The summed E-state index contributed by atoms with van der Waals surface area (Å²) in [7, 11) is 0. The van der Waals surface area contributed by atoms with E-state index in [4.69, 9.17) is 5.73 Å². The van der Waals surface area contributed by atoms with Crippen LogP contribution < -0.4 is 11.1 Å². The maximum absolute atomic E-state index is 11.9. The van der Waals surface area contributed by atoms with Crippen molar-refractivity contribution in [1.82, 2.24) is 5.32 Å². The van der Waals surface area contributed by atoms with Gasteiger partial charge >= 0.3 is 0 Å². The van der Waals surface area contributed by atoms with Gasteiger partial charge in [-0.2, -0.15) is 11.8 Å². The Bertz CT molecular complexity index is 248. The van der Waals surface area contributed by atoms with Crippen LogP contribution in [0.15, 0.2) is 0 Å². The number of thioether (sulfide) groups is 1. The molecule has 0 aromatic heterocycles. The second kappa shape index (κ2) is 7.27. The fraction of sp³-hybridized carbons (Fsp3) is 0.923. The van der Waals surface area contributed by atoms with Crippen LogP contribution in [0.3, 0.4) is 0 Å². The second-order valence-corrected chi connectivity index (χ2v) is 6.38. The van der Waals surface area contributed by atoms with E-state index in [1.165, 1.54) is 12.8 Å². The lowest BCUT2D eigenvalue weighted by atomic mass is 9.80. The molecular weight excluding hydrogens is 232 g/mol. The highest BCUT2D eigenvalue weighted by Gasteiger charge is 2.27. The van der Waals surface area contributed by atoms with Crippen molar-refractivity contribution in [2.75, 3.05) is 12.0 Å². The average molecular weight is 258 g/mol. The Kier molecular flexibility index (Phi) is 6.34. The molecule has 0 spiro atoms. The van der Waals surface area contributed by atoms with Crippen LogP contribution in [0.1, 0.15) is 39.5 Å². The largest absolute Gasteiger partial charge is 0.352 e. The monoisotopic (exact) mass is 258 g/mol. The van der Waals surface area contributed by atoms with Gasteiger partial charge in [0, 0.05) is 6.04 Å². The topological polar surface area (TPSA) is 55.1 Å². The van der Waals surface area contributed by atoms with Crippen LogP contribution in [0.2, 0.25) is 0 Å². The zero-order valence-electron chi connectivity index (χ0n) is 11.2. The summed E-state index contributed by atoms with van der Waals surface area (Å²) in [6.45, 7) is 4.52. The van der Waals surface area contributed by atoms with Gasteiger partial charge in [0.1, 0.15) is 0 Å². The van der Waals surface area contributed by atoms with Gasteiger partial charge in [0.2, 0.25) is 5.91 Å². The summed E-state index contributed by atoms with van der Waals surface area (Å²) in [4.78, 5) is 11.9. The second-order valence-electron chi connectivity index (χ2n) is 5.40. The van der Waals surface area contributed by atoms with Gasteiger partial charge in [-0.25, -0.2) is 0 Å². The molecule has 0 aromatic rings. The minimum Gasteiger partial charge on any atom is -0.352 e. The van der Waals surface area contributed by atoms with Gasteiger partial charge in [0.05, 0.1) is 6.04 Å². The van der Waals surface area contributed by atoms with Gasteiger partial charge in [-0.3, -0.25) is 4.79 Å². The summed E-state index contributed by atoms with van der Waals surface area (Å²) in [5.74, 6) is 2.36. The lowest BCUT2D eigenvalue weighted by molar-refractivity contribution is -0.123. The van der Waals surface area contributed by atoms with Gasteiger partial charge < -0.3 is 11.1 Å². The van der Waals surface area contributed by atoms with Gasteiger partial charge in [0.25, 0.3) is 0 Å². The van der Waals surface area contributed by atoms with Gasteiger partial charge in [-0.15, -0.1) is 0 Å². The van der Waals surface area contributed by atoms with Crippen molar-refractivity contribution >= 4 is 17.7 Å². The van der Waals surface area contributed by atoms with Crippen LogP contribution in [-0.2, 0) is 4.79 Å². The van der Waals surface area contributed by atoms with Crippen molar-refractivity contribution in [2.24, 2.45) is 17.6 Å². The van der Waals surface area contributed by atoms with Crippen LogP contribution >= 0.6 is 11.8 Å². The van der Waals surface area contributed by atoms with E-state index in [0.717, 1.165) is 24.5 Å². The number of hydrogen-bond donors (Lipinski definition) is 2. The molecule has 1 fully saturated rings. The molecule has 0 heterocycles. The van der Waals surface area contributed by atoms with Crippen LogP contribution in [0.4, 0.5) is 0 Å². The highest BCUT2D eigenvalue weighted by atomic mass is 32.2. The molecular formula is C13H26N2OS. The molecule has 0 saturated heterocycles. The van der Waals surface area contributed by atoms with Crippen molar-refractivity contribution in [3.8, 4) is 0 Å². The lowest BCUT2D eigenvalue weighted by Crippen LogP contribution is -2.49. The Balaban J connectivity index is 2.34. The molecule has 4 heteroatoms. The van der Waals surface area contributed by atoms with E-state index in [0.29, 0.717) is 12.0 Å². The molecule has 1 aliphatic carbocycles. The highest BCUT2D eigenvalue weighted by molar-refractivity contribution is 7.98. The third kappa shape index (κ3) is 4.88. The number of amides is 1. The molecule has 0 aromatic carbocycles. The van der Waals surface area contributed by atoms with Gasteiger partial charge in [0.15, 0.2) is 0 Å². The smallest absolute Gasteiger partial charge is 0.237 e. The van der Waals surface area contributed by atoms with E-state index in [1.54, 1.807) is 11.8 Å². The number of carbonyl (C=O) groups is 1. The van der Waals surface area contributed by atoms with E-state index in [1.807, 2.05) is 6.26 Å². The number of carbonyl (C=O) groups excluding carboxylic acids is 1. The standard InChI is InChI=1S/C13H26N2OS/c1-9-4-5-12(10(2)8-9)15-13(16)11(14)6-7-17-3/h9-12H,4-8,14H2,1-3H3,(H,15,16)/t9?,10?,11-,12?/m0/s1. The van der Waals surface area contributed by atoms with Crippen molar-refractivity contribution in [3.63, 3.8) is 0 Å². The maximum atomic E-state index is 11.9. The van der Waals surface area contributed by atoms with E-state index >= 15 is 0 Å². The molecule has 100 valence electrons. The first-order chi connectivity index (χ1) is 8.04. The van der Waals surface area contributed by atoms with Crippen LogP contribution in [0, 0.1) is 11.8 Å². The summed E-state index contributed by atoms with van der Waals surface area (Å²) >= 11 is 1.73. The number of nitrogens with one attached hydrogen (secondary N) is 1. The predicted octanol–water partition coefficient (Wildman–Crippen LogP) is 2.01. The first kappa shape index (κ1) is 14.8. The minimum atomic E-state index is -0.339. The summed E-state index contributed by atoms with van der Waals surface area (Å²) in [6, 6.07) is -0.00645. The fourth-order valence-electron chi connectivity index (χ4n) is 2.55. The molecule has 3 nitrogen and oxygen atoms in total. The third-order valence-electron chi connectivity index (χ3n) is 3.73.